The maximum atomic E-state index is 4.57. The Bertz CT molecular complexity index is 842. The Labute approximate surface area is 147 Å². The molecule has 0 spiro atoms. The zero-order valence-electron chi connectivity index (χ0n) is 15.0. The zero-order chi connectivity index (χ0) is 17.2. The van der Waals surface area contributed by atoms with Gasteiger partial charge in [0, 0.05) is 24.3 Å². The highest BCUT2D eigenvalue weighted by molar-refractivity contribution is 5.89. The molecule has 0 radical (unpaired) electrons. The SMILES string of the molecule is CC(C)n1cc(-c2ncnc3c2cnn3CCN2CCCCC2)cn1. The van der Waals surface area contributed by atoms with E-state index in [0.29, 0.717) is 6.04 Å². The van der Waals surface area contributed by atoms with Crippen LogP contribution in [0.15, 0.2) is 24.9 Å². The maximum absolute atomic E-state index is 4.57. The van der Waals surface area contributed by atoms with Crippen molar-refractivity contribution in [2.75, 3.05) is 19.6 Å². The van der Waals surface area contributed by atoms with Crippen LogP contribution in [0.4, 0.5) is 0 Å². The second-order valence-corrected chi connectivity index (χ2v) is 7.03. The molecule has 7 nitrogen and oxygen atoms in total. The zero-order valence-corrected chi connectivity index (χ0v) is 15.0. The third kappa shape index (κ3) is 3.28. The summed E-state index contributed by atoms with van der Waals surface area (Å²) in [5.74, 6) is 0. The molecule has 3 aromatic heterocycles. The van der Waals surface area contributed by atoms with Gasteiger partial charge in [0.1, 0.15) is 6.33 Å². The van der Waals surface area contributed by atoms with E-state index in [-0.39, 0.29) is 0 Å². The van der Waals surface area contributed by atoms with Crippen LogP contribution in [0.3, 0.4) is 0 Å². The minimum atomic E-state index is 0.332. The van der Waals surface area contributed by atoms with Crippen LogP contribution >= 0.6 is 0 Å². The van der Waals surface area contributed by atoms with E-state index in [4.69, 9.17) is 0 Å². The lowest BCUT2D eigenvalue weighted by atomic mass is 10.1. The minimum Gasteiger partial charge on any atom is -0.301 e. The summed E-state index contributed by atoms with van der Waals surface area (Å²) < 4.78 is 3.95. The van der Waals surface area contributed by atoms with Crippen LogP contribution in [0.5, 0.6) is 0 Å². The quantitative estimate of drug-likeness (QED) is 0.715. The first-order chi connectivity index (χ1) is 12.2. The summed E-state index contributed by atoms with van der Waals surface area (Å²) in [4.78, 5) is 11.5. The van der Waals surface area contributed by atoms with Crippen LogP contribution in [-0.2, 0) is 6.54 Å². The van der Waals surface area contributed by atoms with Gasteiger partial charge in [0.2, 0.25) is 0 Å². The first kappa shape index (κ1) is 16.2. The van der Waals surface area contributed by atoms with Gasteiger partial charge in [0.15, 0.2) is 5.65 Å². The van der Waals surface area contributed by atoms with Gasteiger partial charge >= 0.3 is 0 Å². The molecule has 1 saturated heterocycles. The number of fused-ring (bicyclic) bond motifs is 1. The molecule has 0 atom stereocenters. The fraction of sp³-hybridized carbons (Fsp3) is 0.556. The molecule has 0 aromatic carbocycles. The highest BCUT2D eigenvalue weighted by Crippen LogP contribution is 2.25. The average molecular weight is 339 g/mol. The smallest absolute Gasteiger partial charge is 0.161 e. The average Bonchev–Trinajstić information content (AvgIpc) is 3.28. The molecule has 7 heteroatoms. The van der Waals surface area contributed by atoms with Crippen LogP contribution < -0.4 is 0 Å². The Balaban J connectivity index is 1.58. The fourth-order valence-electron chi connectivity index (χ4n) is 3.45. The predicted octanol–water partition coefficient (Wildman–Crippen LogP) is 2.76. The van der Waals surface area contributed by atoms with Crippen molar-refractivity contribution < 1.29 is 0 Å². The van der Waals surface area contributed by atoms with Gasteiger partial charge in [0.05, 0.1) is 30.0 Å². The van der Waals surface area contributed by atoms with Crippen LogP contribution in [-0.4, -0.2) is 54.1 Å². The molecule has 1 aliphatic heterocycles. The molecule has 0 unspecified atom stereocenters. The summed E-state index contributed by atoms with van der Waals surface area (Å²) >= 11 is 0. The van der Waals surface area contributed by atoms with Crippen molar-refractivity contribution in [3.63, 3.8) is 0 Å². The van der Waals surface area contributed by atoms with E-state index in [2.05, 4.69) is 38.9 Å². The fourth-order valence-corrected chi connectivity index (χ4v) is 3.45. The van der Waals surface area contributed by atoms with E-state index in [9.17, 15) is 0 Å². The number of hydrogen-bond donors (Lipinski definition) is 0. The number of rotatable bonds is 5. The van der Waals surface area contributed by atoms with Crippen LogP contribution in [0.1, 0.15) is 39.2 Å². The largest absolute Gasteiger partial charge is 0.301 e. The normalized spacial score (nSPS) is 16.1. The molecule has 1 fully saturated rings. The first-order valence-electron chi connectivity index (χ1n) is 9.16. The van der Waals surface area contributed by atoms with E-state index >= 15 is 0 Å². The van der Waals surface area contributed by atoms with Crippen LogP contribution in [0.25, 0.3) is 22.3 Å². The van der Waals surface area contributed by atoms with Crippen LogP contribution in [0, 0.1) is 0 Å². The van der Waals surface area contributed by atoms with E-state index in [0.717, 1.165) is 35.4 Å². The molecule has 1 aliphatic rings. The Kier molecular flexibility index (Phi) is 4.48. The summed E-state index contributed by atoms with van der Waals surface area (Å²) in [5.41, 5.74) is 2.82. The molecule has 0 bridgehead atoms. The predicted molar refractivity (Wildman–Crippen MR) is 97.2 cm³/mol. The molecule has 4 heterocycles. The van der Waals surface area contributed by atoms with Gasteiger partial charge in [-0.15, -0.1) is 0 Å². The van der Waals surface area contributed by atoms with Gasteiger partial charge in [-0.3, -0.25) is 4.68 Å². The van der Waals surface area contributed by atoms with Gasteiger partial charge in [-0.05, 0) is 39.8 Å². The Morgan fingerprint density at radius 2 is 1.84 bits per heavy atom. The summed E-state index contributed by atoms with van der Waals surface area (Å²) in [5, 5.41) is 9.98. The lowest BCUT2D eigenvalue weighted by Gasteiger charge is -2.26. The van der Waals surface area contributed by atoms with E-state index in [1.165, 1.54) is 32.4 Å². The third-order valence-corrected chi connectivity index (χ3v) is 4.91. The molecule has 3 aromatic rings. The topological polar surface area (TPSA) is 64.7 Å². The monoisotopic (exact) mass is 339 g/mol. The molecular weight excluding hydrogens is 314 g/mol. The maximum Gasteiger partial charge on any atom is 0.161 e. The number of piperidine rings is 1. The lowest BCUT2D eigenvalue weighted by Crippen LogP contribution is -2.32. The van der Waals surface area contributed by atoms with E-state index in [1.54, 1.807) is 6.33 Å². The Morgan fingerprint density at radius 1 is 1.00 bits per heavy atom. The lowest BCUT2D eigenvalue weighted by molar-refractivity contribution is 0.219. The minimum absolute atomic E-state index is 0.332. The van der Waals surface area contributed by atoms with Crippen molar-refractivity contribution >= 4 is 11.0 Å². The Morgan fingerprint density at radius 3 is 2.60 bits per heavy atom. The standard InChI is InChI=1S/C18H25N7/c1-14(2)25-12-15(10-21-25)17-16-11-22-24(18(16)20-13-19-17)9-8-23-6-4-3-5-7-23/h10-14H,3-9H2,1-2H3. The molecule has 0 amide bonds. The summed E-state index contributed by atoms with van der Waals surface area (Å²) in [6, 6.07) is 0.332. The van der Waals surface area contributed by atoms with Crippen molar-refractivity contribution in [2.24, 2.45) is 0 Å². The molecule has 4 rings (SSSR count). The highest BCUT2D eigenvalue weighted by Gasteiger charge is 2.15. The van der Waals surface area contributed by atoms with Gasteiger partial charge in [-0.2, -0.15) is 10.2 Å². The van der Waals surface area contributed by atoms with E-state index < -0.39 is 0 Å². The van der Waals surface area contributed by atoms with Crippen molar-refractivity contribution in [2.45, 2.75) is 45.7 Å². The third-order valence-electron chi connectivity index (χ3n) is 4.91. The summed E-state index contributed by atoms with van der Waals surface area (Å²) in [6.45, 7) is 8.53. The first-order valence-corrected chi connectivity index (χ1v) is 9.16. The molecule has 0 N–H and O–H groups in total. The number of aromatic nitrogens is 6. The number of likely N-dealkylation sites (tertiary alicyclic amines) is 1. The van der Waals surface area contributed by atoms with E-state index in [1.807, 2.05) is 28.0 Å². The van der Waals surface area contributed by atoms with Crippen LogP contribution in [0.2, 0.25) is 0 Å². The second-order valence-electron chi connectivity index (χ2n) is 7.03. The van der Waals surface area contributed by atoms with Gasteiger partial charge in [-0.1, -0.05) is 6.42 Å². The molecule has 25 heavy (non-hydrogen) atoms. The van der Waals surface area contributed by atoms with Gasteiger partial charge in [-0.25, -0.2) is 14.6 Å². The number of hydrogen-bond acceptors (Lipinski definition) is 5. The Hall–Kier alpha value is -2.28. The second kappa shape index (κ2) is 6.92. The van der Waals surface area contributed by atoms with Crippen molar-refractivity contribution in [1.82, 2.24) is 34.4 Å². The molecular formula is C18H25N7. The summed E-state index contributed by atoms with van der Waals surface area (Å²) in [7, 11) is 0. The molecule has 132 valence electrons. The highest BCUT2D eigenvalue weighted by atomic mass is 15.3. The van der Waals surface area contributed by atoms with Crippen molar-refractivity contribution in [3.05, 3.63) is 24.9 Å². The summed E-state index contributed by atoms with van der Waals surface area (Å²) in [6.07, 6.45) is 11.4. The molecule has 0 aliphatic carbocycles. The van der Waals surface area contributed by atoms with Gasteiger partial charge in [0.25, 0.3) is 0 Å². The van der Waals surface area contributed by atoms with Crippen molar-refractivity contribution in [1.29, 1.82) is 0 Å². The number of nitrogens with zero attached hydrogens (tertiary/aromatic N) is 7. The van der Waals surface area contributed by atoms with Gasteiger partial charge < -0.3 is 4.90 Å². The molecule has 0 saturated carbocycles. The van der Waals surface area contributed by atoms with Crippen molar-refractivity contribution in [3.8, 4) is 11.3 Å².